The minimum absolute atomic E-state index is 0.736. The van der Waals surface area contributed by atoms with Gasteiger partial charge in [0.15, 0.2) is 23.0 Å². The molecular formula is C22H27N2O4-. The molecule has 0 unspecified atom stereocenters. The molecule has 0 amide bonds. The molecule has 1 aromatic rings. The van der Waals surface area contributed by atoms with Crippen molar-refractivity contribution in [2.75, 3.05) is 35.5 Å². The Morgan fingerprint density at radius 1 is 0.750 bits per heavy atom. The van der Waals surface area contributed by atoms with Crippen molar-refractivity contribution in [3.63, 3.8) is 0 Å². The molecule has 0 radical (unpaired) electrons. The van der Waals surface area contributed by atoms with E-state index in [1.807, 2.05) is 0 Å². The zero-order valence-corrected chi connectivity index (χ0v) is 17.2. The van der Waals surface area contributed by atoms with Gasteiger partial charge in [-0.3, -0.25) is 0 Å². The van der Waals surface area contributed by atoms with Gasteiger partial charge in [-0.05, 0) is 56.3 Å². The molecule has 28 heavy (non-hydrogen) atoms. The van der Waals surface area contributed by atoms with Crippen molar-refractivity contribution in [2.45, 2.75) is 25.7 Å². The van der Waals surface area contributed by atoms with Gasteiger partial charge < -0.3 is 28.7 Å². The van der Waals surface area contributed by atoms with Crippen LogP contribution in [-0.4, -0.2) is 45.3 Å². The quantitative estimate of drug-likeness (QED) is 0.740. The van der Waals surface area contributed by atoms with Crippen LogP contribution in [-0.2, 0) is 12.8 Å². The van der Waals surface area contributed by atoms with Crippen LogP contribution in [0.25, 0.3) is 0 Å². The average Bonchev–Trinajstić information content (AvgIpc) is 3.09. The maximum absolute atomic E-state index is 5.79. The largest absolute Gasteiger partial charge is 0.510 e. The molecule has 0 aromatic heterocycles. The van der Waals surface area contributed by atoms with E-state index < -0.39 is 0 Å². The summed E-state index contributed by atoms with van der Waals surface area (Å²) in [6, 6.07) is 0. The number of nitrogens with zero attached hydrogens (tertiary/aromatic N) is 2. The molecule has 4 heterocycles. The summed E-state index contributed by atoms with van der Waals surface area (Å²) >= 11 is 0. The van der Waals surface area contributed by atoms with Crippen LogP contribution in [0.1, 0.15) is 24.0 Å². The van der Waals surface area contributed by atoms with Gasteiger partial charge in [0.1, 0.15) is 0 Å². The van der Waals surface area contributed by atoms with E-state index in [1.54, 1.807) is 28.4 Å². The Balaban J connectivity index is 1.90. The molecule has 0 atom stereocenters. The first-order chi connectivity index (χ1) is 13.6. The molecular weight excluding hydrogens is 356 g/mol. The third-order valence-electron chi connectivity index (χ3n) is 5.60. The van der Waals surface area contributed by atoms with E-state index in [4.69, 9.17) is 18.9 Å². The maximum Gasteiger partial charge on any atom is 0.168 e. The van der Waals surface area contributed by atoms with Gasteiger partial charge >= 0.3 is 0 Å². The summed E-state index contributed by atoms with van der Waals surface area (Å²) in [5.41, 5.74) is 5.71. The summed E-state index contributed by atoms with van der Waals surface area (Å²) in [5, 5.41) is 0. The number of rotatable bonds is 4. The highest BCUT2D eigenvalue weighted by atomic mass is 16.5. The summed E-state index contributed by atoms with van der Waals surface area (Å²) < 4.78 is 23.2. The fraction of sp³-hybridized carbons (Fsp3) is 0.409. The van der Waals surface area contributed by atoms with Gasteiger partial charge in [-0.2, -0.15) is 6.67 Å². The molecule has 0 spiro atoms. The zero-order valence-electron chi connectivity index (χ0n) is 17.2. The molecule has 1 aromatic carbocycles. The summed E-state index contributed by atoms with van der Waals surface area (Å²) in [5.74, 6) is 2.95. The Kier molecular flexibility index (Phi) is 4.87. The van der Waals surface area contributed by atoms with Gasteiger partial charge in [-0.1, -0.05) is 6.08 Å². The van der Waals surface area contributed by atoms with Gasteiger partial charge in [0.25, 0.3) is 0 Å². The van der Waals surface area contributed by atoms with E-state index >= 15 is 0 Å². The Hall–Kier alpha value is -2.76. The van der Waals surface area contributed by atoms with E-state index in [0.717, 1.165) is 59.8 Å². The molecule has 6 nitrogen and oxygen atoms in total. The molecule has 0 fully saturated rings. The molecule has 6 aliphatic rings. The van der Waals surface area contributed by atoms with E-state index in [1.165, 1.54) is 17.0 Å². The number of ether oxygens (including phenoxy) is 4. The third-order valence-corrected chi connectivity index (χ3v) is 5.60. The van der Waals surface area contributed by atoms with Crippen LogP contribution >= 0.6 is 0 Å². The molecule has 4 aliphatic heterocycles. The Labute approximate surface area is 166 Å². The monoisotopic (exact) mass is 383 g/mol. The van der Waals surface area contributed by atoms with Crippen molar-refractivity contribution < 1.29 is 18.9 Å². The Morgan fingerprint density at radius 2 is 1.29 bits per heavy atom. The summed E-state index contributed by atoms with van der Waals surface area (Å²) in [7, 11) is 8.79. The number of hydrogen-bond acceptors (Lipinski definition) is 6. The highest BCUT2D eigenvalue weighted by Gasteiger charge is 2.30. The van der Waals surface area contributed by atoms with E-state index in [2.05, 4.69) is 41.9 Å². The van der Waals surface area contributed by atoms with E-state index in [9.17, 15) is 0 Å². The molecule has 0 saturated carbocycles. The lowest BCUT2D eigenvalue weighted by molar-refractivity contribution is 0.316. The summed E-state index contributed by atoms with van der Waals surface area (Å²) in [6.45, 7) is 2.14. The van der Waals surface area contributed by atoms with Gasteiger partial charge in [-0.15, -0.1) is 0 Å². The number of hydrogen-bond donors (Lipinski definition) is 0. The lowest BCUT2D eigenvalue weighted by Gasteiger charge is -2.39. The van der Waals surface area contributed by atoms with Crippen molar-refractivity contribution >= 4 is 0 Å². The molecule has 4 bridgehead atoms. The zero-order chi connectivity index (χ0) is 19.8. The second kappa shape index (κ2) is 7.34. The highest BCUT2D eigenvalue weighted by Crippen LogP contribution is 2.51. The van der Waals surface area contributed by atoms with E-state index in [0.29, 0.717) is 0 Å². The van der Waals surface area contributed by atoms with Crippen LogP contribution in [0.3, 0.4) is 0 Å². The van der Waals surface area contributed by atoms with Crippen LogP contribution in [0.2, 0.25) is 0 Å². The number of methoxy groups -OCH3 is 4. The van der Waals surface area contributed by atoms with Crippen LogP contribution in [0.5, 0.6) is 23.0 Å². The number of allylic oxidation sites excluding steroid dienone is 4. The fourth-order valence-corrected chi connectivity index (χ4v) is 4.36. The predicted molar refractivity (Wildman–Crippen MR) is 107 cm³/mol. The normalized spacial score (nSPS) is 18.0. The Bertz CT molecular complexity index is 852. The molecule has 0 N–H and O–H groups in total. The van der Waals surface area contributed by atoms with Gasteiger partial charge in [0, 0.05) is 16.8 Å². The standard InChI is InChI=1S/C22H27N2O4/c1-23-12-18-14-6-8-15(24(18)13-23)9-11-17-21(27-4)19(25-2)16(10-7-14)20(26-3)22(17)28-5/h6,8,12-13H,7,9-11H2,1-5H3/q-1. The first-order valence-electron chi connectivity index (χ1n) is 9.48. The predicted octanol–water partition coefficient (Wildman–Crippen LogP) is 3.63. The first-order valence-corrected chi connectivity index (χ1v) is 9.48. The molecule has 6 heteroatoms. The van der Waals surface area contributed by atoms with Crippen molar-refractivity contribution in [1.29, 1.82) is 0 Å². The van der Waals surface area contributed by atoms with Crippen LogP contribution in [0, 0.1) is 6.67 Å². The molecule has 7 rings (SSSR count). The van der Waals surface area contributed by atoms with Crippen LogP contribution in [0.15, 0.2) is 35.3 Å². The van der Waals surface area contributed by atoms with Gasteiger partial charge in [0.05, 0.1) is 28.4 Å². The highest BCUT2D eigenvalue weighted by molar-refractivity contribution is 5.67. The van der Waals surface area contributed by atoms with Crippen LogP contribution < -0.4 is 18.9 Å². The maximum atomic E-state index is 5.79. The Morgan fingerprint density at radius 3 is 1.82 bits per heavy atom. The number of benzene rings is 1. The minimum Gasteiger partial charge on any atom is -0.510 e. The van der Waals surface area contributed by atoms with E-state index in [-0.39, 0.29) is 0 Å². The van der Waals surface area contributed by atoms with Crippen LogP contribution in [0.4, 0.5) is 0 Å². The molecule has 150 valence electrons. The lowest BCUT2D eigenvalue weighted by atomic mass is 9.92. The van der Waals surface area contributed by atoms with Gasteiger partial charge in [0.2, 0.25) is 0 Å². The van der Waals surface area contributed by atoms with Crippen molar-refractivity contribution in [1.82, 2.24) is 9.80 Å². The van der Waals surface area contributed by atoms with Crippen molar-refractivity contribution in [3.8, 4) is 23.0 Å². The summed E-state index contributed by atoms with van der Waals surface area (Å²) in [6.07, 6.45) is 9.84. The first kappa shape index (κ1) is 18.6. The summed E-state index contributed by atoms with van der Waals surface area (Å²) in [4.78, 5) is 4.40. The molecule has 0 saturated heterocycles. The average molecular weight is 383 g/mol. The fourth-order valence-electron chi connectivity index (χ4n) is 4.36. The lowest BCUT2D eigenvalue weighted by Crippen LogP contribution is -2.23. The van der Waals surface area contributed by atoms with Gasteiger partial charge in [-0.25, -0.2) is 0 Å². The second-order valence-corrected chi connectivity index (χ2v) is 7.11. The topological polar surface area (TPSA) is 43.4 Å². The van der Waals surface area contributed by atoms with Crippen molar-refractivity contribution in [2.24, 2.45) is 0 Å². The minimum atomic E-state index is 0.736. The molecule has 2 aliphatic carbocycles. The third kappa shape index (κ3) is 2.79. The van der Waals surface area contributed by atoms with Crippen molar-refractivity contribution in [3.05, 3.63) is 53.1 Å². The second-order valence-electron chi connectivity index (χ2n) is 7.11. The SMILES string of the molecule is COc1c2c(OC)c(OC)c(c1OC)CCC1=CC=C(CC2)C2=CN(C)[CH-]N12. The smallest absolute Gasteiger partial charge is 0.168 e.